The van der Waals surface area contributed by atoms with Crippen molar-refractivity contribution in [3.8, 4) is 0 Å². The number of esters is 1. The van der Waals surface area contributed by atoms with Crippen LogP contribution in [0.1, 0.15) is 40.5 Å². The Morgan fingerprint density at radius 1 is 1.13 bits per heavy atom. The van der Waals surface area contributed by atoms with E-state index in [-0.39, 0.29) is 29.4 Å². The van der Waals surface area contributed by atoms with Crippen molar-refractivity contribution in [1.82, 2.24) is 13.8 Å². The molecule has 0 bridgehead atoms. The van der Waals surface area contributed by atoms with Crippen LogP contribution in [0, 0.1) is 13.8 Å². The zero-order valence-electron chi connectivity index (χ0n) is 18.4. The van der Waals surface area contributed by atoms with Crippen LogP contribution < -0.4 is 0 Å². The second kappa shape index (κ2) is 9.23. The minimum Gasteiger partial charge on any atom is -0.464 e. The van der Waals surface area contributed by atoms with Crippen LogP contribution in [-0.4, -0.2) is 67.9 Å². The molecule has 2 heterocycles. The number of aryl methyl sites for hydroxylation is 2. The van der Waals surface area contributed by atoms with Gasteiger partial charge in [-0.1, -0.05) is 6.07 Å². The molecule has 0 N–H and O–H groups in total. The maximum absolute atomic E-state index is 12.9. The second-order valence-electron chi connectivity index (χ2n) is 7.91. The number of methoxy groups -OCH3 is 1. The topological polar surface area (TPSA) is 88.9 Å². The van der Waals surface area contributed by atoms with Gasteiger partial charge in [-0.2, -0.15) is 4.31 Å². The molecule has 0 atom stereocenters. The van der Waals surface area contributed by atoms with Gasteiger partial charge < -0.3 is 14.2 Å². The minimum absolute atomic E-state index is 0.0881. The first-order chi connectivity index (χ1) is 14.6. The maximum Gasteiger partial charge on any atom is 0.354 e. The van der Waals surface area contributed by atoms with Crippen LogP contribution in [0.4, 0.5) is 0 Å². The van der Waals surface area contributed by atoms with Gasteiger partial charge in [-0.3, -0.25) is 4.79 Å². The predicted molar refractivity (Wildman–Crippen MR) is 116 cm³/mol. The predicted octanol–water partition coefficient (Wildman–Crippen LogP) is 2.38. The van der Waals surface area contributed by atoms with E-state index >= 15 is 0 Å². The summed E-state index contributed by atoms with van der Waals surface area (Å²) in [5, 5.41) is 0. The van der Waals surface area contributed by atoms with Crippen molar-refractivity contribution in [3.63, 3.8) is 0 Å². The van der Waals surface area contributed by atoms with E-state index in [1.165, 1.54) is 14.2 Å². The molecule has 1 amide bonds. The summed E-state index contributed by atoms with van der Waals surface area (Å²) in [6.45, 7) is 4.57. The highest BCUT2D eigenvalue weighted by atomic mass is 32.2. The Balaban J connectivity index is 1.61. The van der Waals surface area contributed by atoms with Gasteiger partial charge in [0.05, 0.1) is 18.6 Å². The Labute approximate surface area is 183 Å². The average Bonchev–Trinajstić information content (AvgIpc) is 3.25. The van der Waals surface area contributed by atoms with Crippen molar-refractivity contribution in [2.24, 2.45) is 0 Å². The first-order valence-electron chi connectivity index (χ1n) is 10.2. The van der Waals surface area contributed by atoms with E-state index in [9.17, 15) is 18.0 Å². The van der Waals surface area contributed by atoms with Gasteiger partial charge in [0, 0.05) is 32.4 Å². The van der Waals surface area contributed by atoms with Crippen molar-refractivity contribution in [2.45, 2.75) is 37.6 Å². The van der Waals surface area contributed by atoms with Crippen LogP contribution in [0.2, 0.25) is 0 Å². The third-order valence-electron chi connectivity index (χ3n) is 5.93. The lowest BCUT2D eigenvalue weighted by atomic mass is 10.0. The summed E-state index contributed by atoms with van der Waals surface area (Å²) in [4.78, 5) is 26.5. The highest BCUT2D eigenvalue weighted by molar-refractivity contribution is 7.89. The first kappa shape index (κ1) is 23.0. The number of likely N-dealkylation sites (tertiary alicyclic amines) is 1. The van der Waals surface area contributed by atoms with E-state index in [4.69, 9.17) is 4.74 Å². The number of piperidine rings is 1. The Kier molecular flexibility index (Phi) is 6.86. The van der Waals surface area contributed by atoms with Crippen LogP contribution in [0.3, 0.4) is 0 Å². The Bertz CT molecular complexity index is 1070. The minimum atomic E-state index is -3.75. The molecule has 1 fully saturated rings. The van der Waals surface area contributed by atoms with Gasteiger partial charge in [0.15, 0.2) is 0 Å². The summed E-state index contributed by atoms with van der Waals surface area (Å²) in [6, 6.07) is 8.58. The van der Waals surface area contributed by atoms with E-state index in [1.807, 2.05) is 24.6 Å². The van der Waals surface area contributed by atoms with Crippen molar-refractivity contribution < 1.29 is 22.7 Å². The highest BCUT2D eigenvalue weighted by Crippen LogP contribution is 2.25. The maximum atomic E-state index is 12.9. The monoisotopic (exact) mass is 447 g/mol. The fourth-order valence-electron chi connectivity index (χ4n) is 3.81. The average molecular weight is 448 g/mol. The molecule has 31 heavy (non-hydrogen) atoms. The van der Waals surface area contributed by atoms with Crippen LogP contribution in [-0.2, 0) is 19.6 Å². The molecular formula is C22H29N3O5S. The van der Waals surface area contributed by atoms with Crippen LogP contribution in [0.5, 0.6) is 0 Å². The number of sulfonamides is 1. The van der Waals surface area contributed by atoms with Gasteiger partial charge >= 0.3 is 5.97 Å². The molecule has 0 radical (unpaired) electrons. The number of carbonyl (C=O) groups excluding carboxylic acids is 2. The van der Waals surface area contributed by atoms with E-state index in [2.05, 4.69) is 0 Å². The third kappa shape index (κ3) is 4.83. The van der Waals surface area contributed by atoms with Crippen molar-refractivity contribution >= 4 is 21.9 Å². The van der Waals surface area contributed by atoms with E-state index in [1.54, 1.807) is 35.2 Å². The SMILES string of the molecule is COC(=O)c1cccn1C1CCN(C(=O)CN(C)S(=O)(=O)c2ccc(C)c(C)c2)CC1. The van der Waals surface area contributed by atoms with Gasteiger partial charge in [0.2, 0.25) is 15.9 Å². The fourth-order valence-corrected chi connectivity index (χ4v) is 5.02. The molecule has 1 saturated heterocycles. The Morgan fingerprint density at radius 3 is 2.42 bits per heavy atom. The normalized spacial score (nSPS) is 15.3. The lowest BCUT2D eigenvalue weighted by Crippen LogP contribution is -2.45. The number of rotatable bonds is 6. The number of amides is 1. The molecule has 1 aliphatic heterocycles. The van der Waals surface area contributed by atoms with E-state index in [0.717, 1.165) is 15.4 Å². The van der Waals surface area contributed by atoms with Crippen molar-refractivity contribution in [2.75, 3.05) is 33.8 Å². The summed E-state index contributed by atoms with van der Waals surface area (Å²) in [5.41, 5.74) is 2.39. The summed E-state index contributed by atoms with van der Waals surface area (Å²) in [5.74, 6) is -0.615. The summed E-state index contributed by atoms with van der Waals surface area (Å²) in [7, 11) is -0.967. The molecule has 168 valence electrons. The summed E-state index contributed by atoms with van der Waals surface area (Å²) >= 11 is 0. The fraction of sp³-hybridized carbons (Fsp3) is 0.455. The van der Waals surface area contributed by atoms with Gasteiger partial charge in [0.1, 0.15) is 5.69 Å². The van der Waals surface area contributed by atoms with Gasteiger partial charge in [-0.25, -0.2) is 13.2 Å². The lowest BCUT2D eigenvalue weighted by molar-refractivity contribution is -0.132. The quantitative estimate of drug-likeness (QED) is 0.635. The van der Waals surface area contributed by atoms with Crippen molar-refractivity contribution in [3.05, 3.63) is 53.3 Å². The molecule has 1 aromatic carbocycles. The van der Waals surface area contributed by atoms with Crippen molar-refractivity contribution in [1.29, 1.82) is 0 Å². The number of aromatic nitrogens is 1. The van der Waals surface area contributed by atoms with Gasteiger partial charge in [-0.15, -0.1) is 0 Å². The molecule has 1 aromatic heterocycles. The molecule has 8 nitrogen and oxygen atoms in total. The molecule has 2 aromatic rings. The van der Waals surface area contributed by atoms with Crippen LogP contribution in [0.25, 0.3) is 0 Å². The standard InChI is InChI=1S/C22H29N3O5S/c1-16-7-8-19(14-17(16)2)31(28,29)23(3)15-21(26)24-12-9-18(10-13-24)25-11-5-6-20(25)22(27)30-4/h5-8,11,14,18H,9-10,12-13,15H2,1-4H3. The number of ether oxygens (including phenoxy) is 1. The second-order valence-corrected chi connectivity index (χ2v) is 9.96. The number of likely N-dealkylation sites (N-methyl/N-ethyl adjacent to an activating group) is 1. The molecule has 3 rings (SSSR count). The van der Waals surface area contributed by atoms with Crippen LogP contribution in [0.15, 0.2) is 41.4 Å². The molecule has 1 aliphatic rings. The zero-order chi connectivity index (χ0) is 22.8. The number of nitrogens with zero attached hydrogens (tertiary/aromatic N) is 3. The molecule has 0 aliphatic carbocycles. The Morgan fingerprint density at radius 2 is 1.81 bits per heavy atom. The number of benzene rings is 1. The van der Waals surface area contributed by atoms with E-state index in [0.29, 0.717) is 31.6 Å². The molecule has 9 heteroatoms. The number of hydrogen-bond acceptors (Lipinski definition) is 5. The van der Waals surface area contributed by atoms with E-state index < -0.39 is 10.0 Å². The van der Waals surface area contributed by atoms with Crippen LogP contribution >= 0.6 is 0 Å². The first-order valence-corrected chi connectivity index (χ1v) is 11.7. The lowest BCUT2D eigenvalue weighted by Gasteiger charge is -2.34. The smallest absolute Gasteiger partial charge is 0.354 e. The number of hydrogen-bond donors (Lipinski definition) is 0. The van der Waals surface area contributed by atoms with Gasteiger partial charge in [-0.05, 0) is 62.1 Å². The Hall–Kier alpha value is -2.65. The molecule has 0 unspecified atom stereocenters. The molecule has 0 saturated carbocycles. The molecular weight excluding hydrogens is 418 g/mol. The summed E-state index contributed by atoms with van der Waals surface area (Å²) in [6.07, 6.45) is 3.20. The highest BCUT2D eigenvalue weighted by Gasteiger charge is 2.29. The number of carbonyl (C=O) groups is 2. The third-order valence-corrected chi connectivity index (χ3v) is 7.73. The zero-order valence-corrected chi connectivity index (χ0v) is 19.2. The summed E-state index contributed by atoms with van der Waals surface area (Å²) < 4.78 is 33.5. The largest absolute Gasteiger partial charge is 0.464 e. The van der Waals surface area contributed by atoms with Gasteiger partial charge in [0.25, 0.3) is 0 Å². The molecule has 0 spiro atoms.